The van der Waals surface area contributed by atoms with Crippen LogP contribution in [0.15, 0.2) is 47.0 Å². The molecule has 168 valence electrons. The summed E-state index contributed by atoms with van der Waals surface area (Å²) in [7, 11) is 0. The van der Waals surface area contributed by atoms with E-state index in [1.807, 2.05) is 0 Å². The van der Waals surface area contributed by atoms with Crippen molar-refractivity contribution in [2.24, 2.45) is 5.92 Å². The van der Waals surface area contributed by atoms with Crippen molar-refractivity contribution in [1.29, 1.82) is 0 Å². The molecule has 7 heteroatoms. The van der Waals surface area contributed by atoms with Crippen LogP contribution in [0.4, 0.5) is 10.1 Å². The molecule has 2 heterocycles. The van der Waals surface area contributed by atoms with Crippen molar-refractivity contribution >= 4 is 11.6 Å². The molecule has 1 amide bonds. The topological polar surface area (TPSA) is 71.3 Å². The van der Waals surface area contributed by atoms with Crippen LogP contribution in [0.5, 0.6) is 0 Å². The minimum absolute atomic E-state index is 0.00155. The summed E-state index contributed by atoms with van der Waals surface area (Å²) < 4.78 is 18.5. The molecule has 1 saturated heterocycles. The molecule has 3 aromatic rings. The second-order valence-corrected chi connectivity index (χ2v) is 8.22. The van der Waals surface area contributed by atoms with Gasteiger partial charge in [0.25, 0.3) is 0 Å². The Morgan fingerprint density at radius 2 is 1.75 bits per heavy atom. The lowest BCUT2D eigenvalue weighted by atomic mass is 9.95. The van der Waals surface area contributed by atoms with E-state index in [0.717, 1.165) is 50.0 Å². The van der Waals surface area contributed by atoms with Crippen LogP contribution >= 0.6 is 0 Å². The Kier molecular flexibility index (Phi) is 6.95. The van der Waals surface area contributed by atoms with Gasteiger partial charge >= 0.3 is 0 Å². The van der Waals surface area contributed by atoms with Gasteiger partial charge in [0.15, 0.2) is 0 Å². The summed E-state index contributed by atoms with van der Waals surface area (Å²) in [6.45, 7) is 6.36. The van der Waals surface area contributed by atoms with Crippen LogP contribution in [0.25, 0.3) is 11.4 Å². The van der Waals surface area contributed by atoms with E-state index in [4.69, 9.17) is 4.52 Å². The number of halogens is 1. The van der Waals surface area contributed by atoms with Crippen molar-refractivity contribution < 1.29 is 13.7 Å². The van der Waals surface area contributed by atoms with Crippen molar-refractivity contribution in [2.75, 3.05) is 18.4 Å². The van der Waals surface area contributed by atoms with E-state index in [0.29, 0.717) is 18.3 Å². The maximum absolute atomic E-state index is 13.1. The number of hydrogen-bond acceptors (Lipinski definition) is 5. The first-order valence-electron chi connectivity index (χ1n) is 11.3. The van der Waals surface area contributed by atoms with Gasteiger partial charge in [0, 0.05) is 17.2 Å². The van der Waals surface area contributed by atoms with E-state index in [9.17, 15) is 9.18 Å². The molecular formula is C25H29FN4O2. The Bertz CT molecular complexity index is 1030. The van der Waals surface area contributed by atoms with Gasteiger partial charge in [-0.25, -0.2) is 4.39 Å². The Morgan fingerprint density at radius 1 is 1.09 bits per heavy atom. The minimum Gasteiger partial charge on any atom is -0.338 e. The fourth-order valence-corrected chi connectivity index (χ4v) is 4.21. The molecule has 0 radical (unpaired) electrons. The largest absolute Gasteiger partial charge is 0.338 e. The van der Waals surface area contributed by atoms with Crippen LogP contribution in [0, 0.1) is 11.7 Å². The average Bonchev–Trinajstić information content (AvgIpc) is 3.28. The molecule has 6 nitrogen and oxygen atoms in total. The molecule has 2 aromatic carbocycles. The molecule has 0 unspecified atom stereocenters. The summed E-state index contributed by atoms with van der Waals surface area (Å²) in [5, 5.41) is 7.22. The normalized spacial score (nSPS) is 15.1. The number of rotatable bonds is 7. The molecule has 0 saturated carbocycles. The Labute approximate surface area is 187 Å². The first kappa shape index (κ1) is 22.1. The highest BCUT2D eigenvalue weighted by atomic mass is 19.1. The number of carbonyl (C=O) groups is 1. The number of carbonyl (C=O) groups excluding carboxylic acids is 1. The van der Waals surface area contributed by atoms with Crippen LogP contribution in [0.1, 0.15) is 43.7 Å². The van der Waals surface area contributed by atoms with Crippen LogP contribution in [-0.4, -0.2) is 34.0 Å². The predicted molar refractivity (Wildman–Crippen MR) is 122 cm³/mol. The number of aromatic nitrogens is 2. The third-order valence-electron chi connectivity index (χ3n) is 6.13. The molecule has 4 rings (SSSR count). The quantitative estimate of drug-likeness (QED) is 0.573. The number of piperidine rings is 1. The molecule has 1 aliphatic heterocycles. The number of amides is 1. The number of anilines is 1. The standard InChI is InChI=1S/C25H29FN4O2/c1-3-17-6-5-7-18(4-2)23(17)28-25(31)20-12-14-30(15-13-20)16-22-27-24(29-32-22)19-8-10-21(26)11-9-19/h5-11,20H,3-4,12-16H2,1-2H3,(H,28,31). The fourth-order valence-electron chi connectivity index (χ4n) is 4.21. The van der Waals surface area contributed by atoms with Gasteiger partial charge in [-0.2, -0.15) is 4.98 Å². The monoisotopic (exact) mass is 436 g/mol. The highest BCUT2D eigenvalue weighted by Gasteiger charge is 2.27. The molecule has 0 spiro atoms. The Balaban J connectivity index is 1.32. The SMILES string of the molecule is CCc1cccc(CC)c1NC(=O)C1CCN(Cc2nc(-c3ccc(F)cc3)no2)CC1. The lowest BCUT2D eigenvalue weighted by molar-refractivity contribution is -0.121. The number of benzene rings is 2. The highest BCUT2D eigenvalue weighted by molar-refractivity contribution is 5.94. The van der Waals surface area contributed by atoms with Gasteiger partial charge in [-0.15, -0.1) is 0 Å². The summed E-state index contributed by atoms with van der Waals surface area (Å²) >= 11 is 0. The summed E-state index contributed by atoms with van der Waals surface area (Å²) in [5.74, 6) is 0.788. The van der Waals surface area contributed by atoms with E-state index in [1.165, 1.54) is 23.3 Å². The van der Waals surface area contributed by atoms with Crippen LogP contribution in [0.2, 0.25) is 0 Å². The molecule has 1 aliphatic rings. The molecule has 1 aromatic heterocycles. The minimum atomic E-state index is -0.298. The van der Waals surface area contributed by atoms with E-state index < -0.39 is 0 Å². The summed E-state index contributed by atoms with van der Waals surface area (Å²) in [6.07, 6.45) is 3.37. The molecule has 32 heavy (non-hydrogen) atoms. The summed E-state index contributed by atoms with van der Waals surface area (Å²) in [5.41, 5.74) is 4.08. The number of nitrogens with zero attached hydrogens (tertiary/aromatic N) is 3. The third-order valence-corrected chi connectivity index (χ3v) is 6.13. The number of aryl methyl sites for hydroxylation is 2. The lowest BCUT2D eigenvalue weighted by Crippen LogP contribution is -2.38. The molecule has 1 N–H and O–H groups in total. The van der Waals surface area contributed by atoms with Crippen molar-refractivity contribution in [1.82, 2.24) is 15.0 Å². The van der Waals surface area contributed by atoms with Gasteiger partial charge in [-0.1, -0.05) is 37.2 Å². The molecule has 0 aliphatic carbocycles. The van der Waals surface area contributed by atoms with Gasteiger partial charge in [-0.3, -0.25) is 9.69 Å². The van der Waals surface area contributed by atoms with Crippen molar-refractivity contribution in [2.45, 2.75) is 46.1 Å². The molecule has 0 atom stereocenters. The van der Waals surface area contributed by atoms with E-state index >= 15 is 0 Å². The van der Waals surface area contributed by atoms with E-state index in [2.05, 4.69) is 52.4 Å². The second kappa shape index (κ2) is 10.0. The molecular weight excluding hydrogens is 407 g/mol. The van der Waals surface area contributed by atoms with E-state index in [1.54, 1.807) is 12.1 Å². The first-order chi connectivity index (χ1) is 15.6. The van der Waals surface area contributed by atoms with Crippen molar-refractivity contribution in [3.05, 3.63) is 65.3 Å². The smallest absolute Gasteiger partial charge is 0.241 e. The van der Waals surface area contributed by atoms with Crippen molar-refractivity contribution in [3.8, 4) is 11.4 Å². The summed E-state index contributed by atoms with van der Waals surface area (Å²) in [6, 6.07) is 12.3. The number of nitrogens with one attached hydrogen (secondary N) is 1. The Morgan fingerprint density at radius 3 is 2.38 bits per heavy atom. The second-order valence-electron chi connectivity index (χ2n) is 8.22. The number of para-hydroxylation sites is 1. The zero-order chi connectivity index (χ0) is 22.5. The third kappa shape index (κ3) is 5.05. The number of likely N-dealkylation sites (tertiary alicyclic amines) is 1. The zero-order valence-corrected chi connectivity index (χ0v) is 18.6. The van der Waals surface area contributed by atoms with Gasteiger partial charge in [0.05, 0.1) is 6.54 Å². The van der Waals surface area contributed by atoms with E-state index in [-0.39, 0.29) is 17.6 Å². The molecule has 1 fully saturated rings. The highest BCUT2D eigenvalue weighted by Crippen LogP contribution is 2.26. The number of hydrogen-bond donors (Lipinski definition) is 1. The molecule has 0 bridgehead atoms. The summed E-state index contributed by atoms with van der Waals surface area (Å²) in [4.78, 5) is 19.6. The zero-order valence-electron chi connectivity index (χ0n) is 18.6. The van der Waals surface area contributed by atoms with Gasteiger partial charge in [0.2, 0.25) is 17.6 Å². The lowest BCUT2D eigenvalue weighted by Gasteiger charge is -2.30. The van der Waals surface area contributed by atoms with Gasteiger partial charge < -0.3 is 9.84 Å². The predicted octanol–water partition coefficient (Wildman–Crippen LogP) is 4.85. The maximum Gasteiger partial charge on any atom is 0.241 e. The fraction of sp³-hybridized carbons (Fsp3) is 0.400. The van der Waals surface area contributed by atoms with Crippen LogP contribution < -0.4 is 5.32 Å². The average molecular weight is 437 g/mol. The maximum atomic E-state index is 13.1. The van der Waals surface area contributed by atoms with Gasteiger partial charge in [0.1, 0.15) is 5.82 Å². The van der Waals surface area contributed by atoms with Crippen molar-refractivity contribution in [3.63, 3.8) is 0 Å². The van der Waals surface area contributed by atoms with Crippen LogP contribution in [-0.2, 0) is 24.2 Å². The van der Waals surface area contributed by atoms with Crippen LogP contribution in [0.3, 0.4) is 0 Å². The Hall–Kier alpha value is -3.06. The van der Waals surface area contributed by atoms with Gasteiger partial charge in [-0.05, 0) is 74.2 Å². The first-order valence-corrected chi connectivity index (χ1v) is 11.3.